The van der Waals surface area contributed by atoms with Crippen LogP contribution in [0.15, 0.2) is 30.7 Å². The first-order valence-electron chi connectivity index (χ1n) is 6.09. The number of benzene rings is 1. The number of halogens is 1. The van der Waals surface area contributed by atoms with Crippen LogP contribution in [0.4, 0.5) is 4.39 Å². The predicted molar refractivity (Wildman–Crippen MR) is 69.9 cm³/mol. The molecule has 1 unspecified atom stereocenters. The molecule has 0 aliphatic carbocycles. The molecule has 3 nitrogen and oxygen atoms in total. The number of hydrogen-bond donors (Lipinski definition) is 1. The van der Waals surface area contributed by atoms with Gasteiger partial charge in [0.2, 0.25) is 0 Å². The number of aromatic nitrogens is 2. The molecule has 2 aromatic rings. The summed E-state index contributed by atoms with van der Waals surface area (Å²) in [6, 6.07) is 5.33. The minimum Gasteiger partial charge on any atom is -0.336 e. The van der Waals surface area contributed by atoms with Crippen molar-refractivity contribution in [2.45, 2.75) is 19.9 Å². The van der Waals surface area contributed by atoms with Crippen LogP contribution in [0, 0.1) is 12.7 Å². The lowest BCUT2D eigenvalue weighted by molar-refractivity contribution is 0.578. The highest BCUT2D eigenvalue weighted by Gasteiger charge is 2.17. The van der Waals surface area contributed by atoms with Crippen molar-refractivity contribution in [3.05, 3.63) is 53.4 Å². The Morgan fingerprint density at radius 3 is 2.78 bits per heavy atom. The molecule has 0 radical (unpaired) electrons. The van der Waals surface area contributed by atoms with Crippen molar-refractivity contribution in [1.29, 1.82) is 0 Å². The Morgan fingerprint density at radius 2 is 2.22 bits per heavy atom. The monoisotopic (exact) mass is 247 g/mol. The summed E-state index contributed by atoms with van der Waals surface area (Å²) in [5, 5.41) is 3.36. The zero-order chi connectivity index (χ0) is 13.1. The number of nitrogens with zero attached hydrogens (tertiary/aromatic N) is 2. The van der Waals surface area contributed by atoms with Gasteiger partial charge in [-0.2, -0.15) is 0 Å². The molecule has 0 saturated heterocycles. The fourth-order valence-electron chi connectivity index (χ4n) is 2.03. The van der Waals surface area contributed by atoms with Gasteiger partial charge >= 0.3 is 0 Å². The maximum Gasteiger partial charge on any atom is 0.126 e. The lowest BCUT2D eigenvalue weighted by Crippen LogP contribution is -2.24. The fraction of sp³-hybridized carbons (Fsp3) is 0.357. The summed E-state index contributed by atoms with van der Waals surface area (Å²) in [6.07, 6.45) is 3.56. The highest BCUT2D eigenvalue weighted by Crippen LogP contribution is 2.23. The van der Waals surface area contributed by atoms with Crippen LogP contribution in [0.5, 0.6) is 0 Å². The van der Waals surface area contributed by atoms with Gasteiger partial charge in [-0.15, -0.1) is 0 Å². The van der Waals surface area contributed by atoms with E-state index in [0.29, 0.717) is 5.56 Å². The lowest BCUT2D eigenvalue weighted by atomic mass is 10.0. The molecule has 1 heterocycles. The van der Waals surface area contributed by atoms with Crippen molar-refractivity contribution in [3.8, 4) is 0 Å². The van der Waals surface area contributed by atoms with E-state index in [9.17, 15) is 4.39 Å². The minimum atomic E-state index is -0.169. The van der Waals surface area contributed by atoms with Gasteiger partial charge in [0, 0.05) is 7.05 Å². The molecule has 1 atom stereocenters. The zero-order valence-electron chi connectivity index (χ0n) is 10.9. The second-order valence-corrected chi connectivity index (χ2v) is 4.43. The van der Waals surface area contributed by atoms with Gasteiger partial charge in [-0.1, -0.05) is 19.1 Å². The fourth-order valence-corrected chi connectivity index (χ4v) is 2.03. The Hall–Kier alpha value is -1.68. The average molecular weight is 247 g/mol. The van der Waals surface area contributed by atoms with Crippen molar-refractivity contribution in [1.82, 2.24) is 14.9 Å². The molecule has 0 amide bonds. The second kappa shape index (κ2) is 5.31. The molecule has 96 valence electrons. The molecule has 0 fully saturated rings. The summed E-state index contributed by atoms with van der Waals surface area (Å²) in [5.41, 5.74) is 2.61. The van der Waals surface area contributed by atoms with E-state index in [1.807, 2.05) is 36.9 Å². The molecule has 0 bridgehead atoms. The molecule has 1 N–H and O–H groups in total. The highest BCUT2D eigenvalue weighted by atomic mass is 19.1. The Balaban J connectivity index is 2.41. The van der Waals surface area contributed by atoms with Crippen molar-refractivity contribution in [2.75, 3.05) is 6.54 Å². The van der Waals surface area contributed by atoms with E-state index >= 15 is 0 Å². The van der Waals surface area contributed by atoms with E-state index in [1.54, 1.807) is 19.3 Å². The van der Waals surface area contributed by atoms with Crippen molar-refractivity contribution in [2.24, 2.45) is 7.05 Å². The molecule has 18 heavy (non-hydrogen) atoms. The van der Waals surface area contributed by atoms with Gasteiger partial charge in [-0.3, -0.25) is 0 Å². The Morgan fingerprint density at radius 1 is 1.44 bits per heavy atom. The Kier molecular flexibility index (Phi) is 3.77. The summed E-state index contributed by atoms with van der Waals surface area (Å²) in [4.78, 5) is 4.12. The third-order valence-electron chi connectivity index (χ3n) is 3.09. The van der Waals surface area contributed by atoms with E-state index in [2.05, 4.69) is 10.3 Å². The van der Waals surface area contributed by atoms with Crippen LogP contribution in [-0.4, -0.2) is 16.1 Å². The van der Waals surface area contributed by atoms with Crippen molar-refractivity contribution >= 4 is 0 Å². The summed E-state index contributed by atoms with van der Waals surface area (Å²) < 4.78 is 15.6. The summed E-state index contributed by atoms with van der Waals surface area (Å²) >= 11 is 0. The third kappa shape index (κ3) is 2.43. The number of nitrogens with one attached hydrogen (secondary N) is 1. The first kappa shape index (κ1) is 12.8. The van der Waals surface area contributed by atoms with E-state index in [4.69, 9.17) is 0 Å². The topological polar surface area (TPSA) is 29.9 Å². The van der Waals surface area contributed by atoms with Gasteiger partial charge < -0.3 is 9.88 Å². The molecule has 0 spiro atoms. The smallest absolute Gasteiger partial charge is 0.126 e. The summed E-state index contributed by atoms with van der Waals surface area (Å²) in [5.74, 6) is -0.169. The molecule has 2 rings (SSSR count). The molecule has 0 aliphatic rings. The normalized spacial score (nSPS) is 12.7. The Labute approximate surface area is 107 Å². The maximum absolute atomic E-state index is 13.7. The number of hydrogen-bond acceptors (Lipinski definition) is 2. The lowest BCUT2D eigenvalue weighted by Gasteiger charge is -2.19. The SMILES string of the molecule is CCNC(c1ccc(C)c(F)c1)c1cncn1C. The average Bonchev–Trinajstić information content (AvgIpc) is 2.76. The minimum absolute atomic E-state index is 0.0300. The molecular formula is C14H18FN3. The van der Waals surface area contributed by atoms with Gasteiger partial charge in [0.05, 0.1) is 24.3 Å². The van der Waals surface area contributed by atoms with Crippen LogP contribution in [-0.2, 0) is 7.05 Å². The van der Waals surface area contributed by atoms with Crippen LogP contribution in [0.25, 0.3) is 0 Å². The zero-order valence-corrected chi connectivity index (χ0v) is 10.9. The van der Waals surface area contributed by atoms with E-state index in [-0.39, 0.29) is 11.9 Å². The van der Waals surface area contributed by atoms with Crippen molar-refractivity contribution < 1.29 is 4.39 Å². The van der Waals surface area contributed by atoms with Crippen LogP contribution in [0.2, 0.25) is 0 Å². The van der Waals surface area contributed by atoms with Crippen LogP contribution in [0.3, 0.4) is 0 Å². The first-order chi connectivity index (χ1) is 8.63. The van der Waals surface area contributed by atoms with Crippen LogP contribution >= 0.6 is 0 Å². The molecule has 0 saturated carbocycles. The number of rotatable bonds is 4. The van der Waals surface area contributed by atoms with Crippen LogP contribution in [0.1, 0.15) is 29.8 Å². The van der Waals surface area contributed by atoms with E-state index in [0.717, 1.165) is 17.8 Å². The summed E-state index contributed by atoms with van der Waals surface area (Å²) in [7, 11) is 1.94. The highest BCUT2D eigenvalue weighted by molar-refractivity contribution is 5.30. The maximum atomic E-state index is 13.7. The van der Waals surface area contributed by atoms with E-state index in [1.165, 1.54) is 0 Å². The molecule has 1 aromatic heterocycles. The standard InChI is InChI=1S/C14H18FN3/c1-4-17-14(13-8-16-9-18(13)3)11-6-5-10(2)12(15)7-11/h5-9,14,17H,4H2,1-3H3. The number of aryl methyl sites for hydroxylation is 2. The number of imidazole rings is 1. The molecular weight excluding hydrogens is 229 g/mol. The molecule has 1 aromatic carbocycles. The summed E-state index contributed by atoms with van der Waals surface area (Å²) in [6.45, 7) is 4.62. The van der Waals surface area contributed by atoms with Gasteiger partial charge in [0.15, 0.2) is 0 Å². The van der Waals surface area contributed by atoms with Gasteiger partial charge in [0.25, 0.3) is 0 Å². The quantitative estimate of drug-likeness (QED) is 0.900. The van der Waals surface area contributed by atoms with E-state index < -0.39 is 0 Å². The second-order valence-electron chi connectivity index (χ2n) is 4.43. The predicted octanol–water partition coefficient (Wildman–Crippen LogP) is 2.57. The molecule has 0 aliphatic heterocycles. The molecule has 4 heteroatoms. The van der Waals surface area contributed by atoms with Gasteiger partial charge in [0.1, 0.15) is 5.82 Å². The largest absolute Gasteiger partial charge is 0.336 e. The first-order valence-corrected chi connectivity index (χ1v) is 6.09. The Bertz CT molecular complexity index is 534. The van der Waals surface area contributed by atoms with Gasteiger partial charge in [-0.25, -0.2) is 9.37 Å². The van der Waals surface area contributed by atoms with Gasteiger partial charge in [-0.05, 0) is 30.7 Å². The van der Waals surface area contributed by atoms with Crippen molar-refractivity contribution in [3.63, 3.8) is 0 Å². The van der Waals surface area contributed by atoms with Crippen LogP contribution < -0.4 is 5.32 Å². The third-order valence-corrected chi connectivity index (χ3v) is 3.09.